The van der Waals surface area contributed by atoms with Crippen molar-refractivity contribution >= 4 is 17.7 Å². The quantitative estimate of drug-likeness (QED) is 0.896. The summed E-state index contributed by atoms with van der Waals surface area (Å²) in [5, 5.41) is 27.0. The van der Waals surface area contributed by atoms with Gasteiger partial charge in [0.15, 0.2) is 0 Å². The Bertz CT molecular complexity index is 659. The number of carboxylic acid groups (broad SMARTS) is 1. The van der Waals surface area contributed by atoms with Crippen LogP contribution in [0.4, 0.5) is 0 Å². The fraction of sp³-hybridized carbons (Fsp3) is 0. The summed E-state index contributed by atoms with van der Waals surface area (Å²) in [5.74, 6) is -1.42. The molecule has 0 saturated heterocycles. The maximum atomic E-state index is 10.9. The third-order valence-corrected chi connectivity index (χ3v) is 3.42. The number of benzene rings is 2. The van der Waals surface area contributed by atoms with Gasteiger partial charge in [-0.2, -0.15) is 5.26 Å². The second-order valence-electron chi connectivity index (χ2n) is 3.72. The van der Waals surface area contributed by atoms with E-state index in [4.69, 9.17) is 10.4 Å². The molecule has 0 fully saturated rings. The molecule has 0 spiro atoms. The van der Waals surface area contributed by atoms with Crippen molar-refractivity contribution in [2.45, 2.75) is 9.79 Å². The zero-order valence-corrected chi connectivity index (χ0v) is 10.5. The molecule has 19 heavy (non-hydrogen) atoms. The molecule has 2 rings (SSSR count). The molecule has 0 unspecified atom stereocenters. The Morgan fingerprint density at radius 3 is 2.32 bits per heavy atom. The number of phenols is 1. The lowest BCUT2D eigenvalue weighted by Gasteiger charge is -2.04. The molecule has 2 aromatic carbocycles. The van der Waals surface area contributed by atoms with Gasteiger partial charge in [-0.1, -0.05) is 11.8 Å². The lowest BCUT2D eigenvalue weighted by Crippen LogP contribution is -1.96. The molecule has 94 valence electrons. The third-order valence-electron chi connectivity index (χ3n) is 2.42. The monoisotopic (exact) mass is 271 g/mol. The Labute approximate surface area is 113 Å². The van der Waals surface area contributed by atoms with Gasteiger partial charge in [0.1, 0.15) is 11.3 Å². The summed E-state index contributed by atoms with van der Waals surface area (Å²) in [6.07, 6.45) is 0. The molecule has 2 aromatic rings. The lowest BCUT2D eigenvalue weighted by atomic mass is 10.2. The fourth-order valence-electron chi connectivity index (χ4n) is 1.48. The summed E-state index contributed by atoms with van der Waals surface area (Å²) >= 11 is 1.36. The van der Waals surface area contributed by atoms with Crippen molar-refractivity contribution in [3.05, 3.63) is 53.6 Å². The first kappa shape index (κ1) is 13.0. The number of carbonyl (C=O) groups is 1. The molecule has 2 N–H and O–H groups in total. The van der Waals surface area contributed by atoms with E-state index >= 15 is 0 Å². The average molecular weight is 271 g/mol. The van der Waals surface area contributed by atoms with Crippen LogP contribution < -0.4 is 0 Å². The van der Waals surface area contributed by atoms with Crippen LogP contribution in [-0.2, 0) is 0 Å². The Kier molecular flexibility index (Phi) is 3.74. The lowest BCUT2D eigenvalue weighted by molar-refractivity contribution is 0.0693. The van der Waals surface area contributed by atoms with Gasteiger partial charge in [-0.05, 0) is 42.5 Å². The molecule has 0 atom stereocenters. The minimum atomic E-state index is -1.17. The normalized spacial score (nSPS) is 9.84. The minimum absolute atomic E-state index is 0.126. The van der Waals surface area contributed by atoms with E-state index < -0.39 is 5.97 Å². The molecule has 0 aliphatic heterocycles. The Balaban J connectivity index is 2.25. The molecule has 0 aliphatic rings. The van der Waals surface area contributed by atoms with E-state index in [2.05, 4.69) is 0 Å². The van der Waals surface area contributed by atoms with Crippen LogP contribution in [0.2, 0.25) is 0 Å². The van der Waals surface area contributed by atoms with Crippen LogP contribution in [-0.4, -0.2) is 16.2 Å². The fourth-order valence-corrected chi connectivity index (χ4v) is 2.34. The van der Waals surface area contributed by atoms with Gasteiger partial charge < -0.3 is 10.2 Å². The maximum absolute atomic E-state index is 10.9. The highest BCUT2D eigenvalue weighted by molar-refractivity contribution is 7.99. The van der Waals surface area contributed by atoms with E-state index in [1.807, 2.05) is 6.07 Å². The standard InChI is InChI=1S/C14H9NO3S/c15-8-9-1-3-10(4-2-9)19-11-5-6-13(16)12(7-11)14(17)18/h1-7,16H,(H,17,18). The first-order valence-electron chi connectivity index (χ1n) is 5.34. The molecule has 0 bridgehead atoms. The van der Waals surface area contributed by atoms with E-state index in [1.165, 1.54) is 23.9 Å². The van der Waals surface area contributed by atoms with Crippen LogP contribution in [0.3, 0.4) is 0 Å². The van der Waals surface area contributed by atoms with E-state index in [1.54, 1.807) is 30.3 Å². The maximum Gasteiger partial charge on any atom is 0.339 e. The number of carboxylic acids is 1. The van der Waals surface area contributed by atoms with E-state index in [-0.39, 0.29) is 11.3 Å². The molecule has 0 aromatic heterocycles. The van der Waals surface area contributed by atoms with Crippen molar-refractivity contribution in [3.8, 4) is 11.8 Å². The summed E-state index contributed by atoms with van der Waals surface area (Å²) in [6.45, 7) is 0. The van der Waals surface area contributed by atoms with Gasteiger partial charge in [0, 0.05) is 9.79 Å². The number of aromatic carboxylic acids is 1. The zero-order valence-electron chi connectivity index (χ0n) is 9.70. The van der Waals surface area contributed by atoms with Crippen LogP contribution in [0.15, 0.2) is 52.3 Å². The average Bonchev–Trinajstić information content (AvgIpc) is 2.41. The molecular weight excluding hydrogens is 262 g/mol. The van der Waals surface area contributed by atoms with Crippen molar-refractivity contribution in [2.75, 3.05) is 0 Å². The molecular formula is C14H9NO3S. The highest BCUT2D eigenvalue weighted by atomic mass is 32.2. The van der Waals surface area contributed by atoms with Gasteiger partial charge in [-0.15, -0.1) is 0 Å². The van der Waals surface area contributed by atoms with Gasteiger partial charge in [0.25, 0.3) is 0 Å². The number of rotatable bonds is 3. The number of hydrogen-bond acceptors (Lipinski definition) is 4. The van der Waals surface area contributed by atoms with E-state index in [0.29, 0.717) is 10.5 Å². The zero-order chi connectivity index (χ0) is 13.8. The Hall–Kier alpha value is -2.45. The number of nitrogens with zero attached hydrogens (tertiary/aromatic N) is 1. The SMILES string of the molecule is N#Cc1ccc(Sc2ccc(O)c(C(=O)O)c2)cc1. The van der Waals surface area contributed by atoms with E-state index in [0.717, 1.165) is 4.90 Å². The van der Waals surface area contributed by atoms with Crippen molar-refractivity contribution in [3.63, 3.8) is 0 Å². The summed E-state index contributed by atoms with van der Waals surface area (Å²) in [6, 6.07) is 13.4. The van der Waals surface area contributed by atoms with Crippen LogP contribution in [0.1, 0.15) is 15.9 Å². The number of nitriles is 1. The van der Waals surface area contributed by atoms with Gasteiger partial charge in [-0.3, -0.25) is 0 Å². The highest BCUT2D eigenvalue weighted by Gasteiger charge is 2.10. The second-order valence-corrected chi connectivity index (χ2v) is 4.87. The van der Waals surface area contributed by atoms with Crippen LogP contribution in [0, 0.1) is 11.3 Å². The predicted molar refractivity (Wildman–Crippen MR) is 70.3 cm³/mol. The molecule has 0 amide bonds. The summed E-state index contributed by atoms with van der Waals surface area (Å²) < 4.78 is 0. The van der Waals surface area contributed by atoms with Crippen LogP contribution >= 0.6 is 11.8 Å². The van der Waals surface area contributed by atoms with Gasteiger partial charge >= 0.3 is 5.97 Å². The van der Waals surface area contributed by atoms with Gasteiger partial charge in [0.2, 0.25) is 0 Å². The first-order chi connectivity index (χ1) is 9.10. The minimum Gasteiger partial charge on any atom is -0.507 e. The first-order valence-corrected chi connectivity index (χ1v) is 6.16. The van der Waals surface area contributed by atoms with Crippen molar-refractivity contribution < 1.29 is 15.0 Å². The highest BCUT2D eigenvalue weighted by Crippen LogP contribution is 2.31. The molecule has 5 heteroatoms. The predicted octanol–water partition coefficient (Wildman–Crippen LogP) is 3.11. The van der Waals surface area contributed by atoms with E-state index in [9.17, 15) is 9.90 Å². The van der Waals surface area contributed by atoms with Crippen LogP contribution in [0.25, 0.3) is 0 Å². The summed E-state index contributed by atoms with van der Waals surface area (Å²) in [7, 11) is 0. The summed E-state index contributed by atoms with van der Waals surface area (Å²) in [4.78, 5) is 12.5. The number of hydrogen-bond donors (Lipinski definition) is 2. The van der Waals surface area contributed by atoms with Crippen molar-refractivity contribution in [1.82, 2.24) is 0 Å². The summed E-state index contributed by atoms with van der Waals surface area (Å²) in [5.41, 5.74) is 0.444. The molecule has 0 saturated carbocycles. The Morgan fingerprint density at radius 1 is 1.11 bits per heavy atom. The van der Waals surface area contributed by atoms with Crippen molar-refractivity contribution in [1.29, 1.82) is 5.26 Å². The second kappa shape index (κ2) is 5.46. The molecule has 4 nitrogen and oxygen atoms in total. The number of aromatic hydroxyl groups is 1. The Morgan fingerprint density at radius 2 is 1.74 bits per heavy atom. The van der Waals surface area contributed by atoms with Gasteiger partial charge in [0.05, 0.1) is 11.6 Å². The largest absolute Gasteiger partial charge is 0.507 e. The third kappa shape index (κ3) is 3.06. The smallest absolute Gasteiger partial charge is 0.339 e. The van der Waals surface area contributed by atoms with Crippen LogP contribution in [0.5, 0.6) is 5.75 Å². The molecule has 0 radical (unpaired) electrons. The molecule has 0 aliphatic carbocycles. The van der Waals surface area contributed by atoms with Crippen molar-refractivity contribution in [2.24, 2.45) is 0 Å². The van der Waals surface area contributed by atoms with Gasteiger partial charge in [-0.25, -0.2) is 4.79 Å². The molecule has 0 heterocycles. The topological polar surface area (TPSA) is 81.3 Å².